The summed E-state index contributed by atoms with van der Waals surface area (Å²) in [6, 6.07) is 12.4. The number of nitrogens with one attached hydrogen (secondary N) is 1. The van der Waals surface area contributed by atoms with Crippen molar-refractivity contribution >= 4 is 5.91 Å². The summed E-state index contributed by atoms with van der Waals surface area (Å²) in [6.07, 6.45) is 3.19. The molecule has 2 fully saturated rings. The molecule has 1 amide bonds. The summed E-state index contributed by atoms with van der Waals surface area (Å²) in [7, 11) is 3.30. The summed E-state index contributed by atoms with van der Waals surface area (Å²) in [5.41, 5.74) is 1.76. The van der Waals surface area contributed by atoms with Gasteiger partial charge in [0.15, 0.2) is 5.60 Å². The van der Waals surface area contributed by atoms with E-state index in [4.69, 9.17) is 14.2 Å². The van der Waals surface area contributed by atoms with Crippen LogP contribution in [-0.4, -0.2) is 70.0 Å². The van der Waals surface area contributed by atoms with E-state index in [2.05, 4.69) is 10.2 Å². The molecule has 2 atom stereocenters. The lowest BCUT2D eigenvalue weighted by Crippen LogP contribution is -2.49. The molecule has 2 saturated heterocycles. The maximum atomic E-state index is 13.8. The predicted octanol–water partition coefficient (Wildman–Crippen LogP) is 3.68. The minimum Gasteiger partial charge on any atom is -0.496 e. The number of methoxy groups -OCH3 is 2. The summed E-state index contributed by atoms with van der Waals surface area (Å²) in [5.74, 6) is 0.756. The fourth-order valence-electron chi connectivity index (χ4n) is 5.03. The molecule has 0 aliphatic carbocycles. The maximum Gasteiger partial charge on any atom is 0.252 e. The summed E-state index contributed by atoms with van der Waals surface area (Å²) in [5, 5.41) is 3.18. The van der Waals surface area contributed by atoms with E-state index in [1.807, 2.05) is 24.3 Å². The van der Waals surface area contributed by atoms with E-state index in [1.54, 1.807) is 20.3 Å². The molecule has 34 heavy (non-hydrogen) atoms. The lowest BCUT2D eigenvalue weighted by atomic mass is 9.89. The Kier molecular flexibility index (Phi) is 8.19. The van der Waals surface area contributed by atoms with Gasteiger partial charge in [0.05, 0.1) is 13.7 Å². The fraction of sp³-hybridized carbons (Fsp3) is 0.519. The van der Waals surface area contributed by atoms with E-state index in [1.165, 1.54) is 12.1 Å². The predicted molar refractivity (Wildman–Crippen MR) is 129 cm³/mol. The summed E-state index contributed by atoms with van der Waals surface area (Å²) in [4.78, 5) is 15.6. The Morgan fingerprint density at radius 3 is 2.76 bits per heavy atom. The second-order valence-corrected chi connectivity index (χ2v) is 9.32. The van der Waals surface area contributed by atoms with Crippen molar-refractivity contribution in [2.45, 2.75) is 31.3 Å². The largest absolute Gasteiger partial charge is 0.496 e. The number of carbonyl (C=O) groups is 1. The van der Waals surface area contributed by atoms with Crippen molar-refractivity contribution in [2.75, 3.05) is 53.6 Å². The first-order valence-corrected chi connectivity index (χ1v) is 12.1. The van der Waals surface area contributed by atoms with E-state index in [9.17, 15) is 9.18 Å². The van der Waals surface area contributed by atoms with Gasteiger partial charge in [-0.05, 0) is 61.1 Å². The number of carbonyl (C=O) groups excluding carboxylic acids is 1. The summed E-state index contributed by atoms with van der Waals surface area (Å²) < 4.78 is 30.4. The van der Waals surface area contributed by atoms with Gasteiger partial charge in [-0.3, -0.25) is 4.79 Å². The number of nitrogens with zero attached hydrogens (tertiary/aromatic N) is 1. The third-order valence-electron chi connectivity index (χ3n) is 6.97. The number of likely N-dealkylation sites (tertiary alicyclic amines) is 1. The molecule has 6 nitrogen and oxygen atoms in total. The van der Waals surface area contributed by atoms with Crippen LogP contribution in [-0.2, 0) is 20.7 Å². The van der Waals surface area contributed by atoms with Gasteiger partial charge in [0.25, 0.3) is 5.91 Å². The monoisotopic (exact) mass is 470 g/mol. The van der Waals surface area contributed by atoms with Gasteiger partial charge in [0.1, 0.15) is 11.6 Å². The van der Waals surface area contributed by atoms with E-state index in [0.29, 0.717) is 43.2 Å². The van der Waals surface area contributed by atoms with Crippen LogP contribution in [0.25, 0.3) is 11.1 Å². The van der Waals surface area contributed by atoms with Gasteiger partial charge in [-0.25, -0.2) is 4.39 Å². The van der Waals surface area contributed by atoms with Gasteiger partial charge in [0, 0.05) is 45.3 Å². The first kappa shape index (κ1) is 24.6. The highest BCUT2D eigenvalue weighted by molar-refractivity contribution is 5.86. The van der Waals surface area contributed by atoms with Gasteiger partial charge in [-0.15, -0.1) is 0 Å². The van der Waals surface area contributed by atoms with Crippen LogP contribution in [0.5, 0.6) is 5.75 Å². The number of amides is 1. The van der Waals surface area contributed by atoms with Crippen molar-refractivity contribution in [1.82, 2.24) is 10.2 Å². The number of hydrogen-bond donors (Lipinski definition) is 1. The number of benzene rings is 2. The molecule has 7 heteroatoms. The van der Waals surface area contributed by atoms with Gasteiger partial charge >= 0.3 is 0 Å². The SMILES string of the molecule is COCCN1CC[C@H](CNC(=O)[C@@]2(Cc3ccc(-c4cc(F)ccc4OC)cc3)CCCO2)C1. The number of ether oxygens (including phenoxy) is 3. The van der Waals surface area contributed by atoms with Crippen molar-refractivity contribution < 1.29 is 23.4 Å². The Balaban J connectivity index is 1.39. The highest BCUT2D eigenvalue weighted by Crippen LogP contribution is 2.33. The van der Waals surface area contributed by atoms with Crippen LogP contribution >= 0.6 is 0 Å². The summed E-state index contributed by atoms with van der Waals surface area (Å²) >= 11 is 0. The maximum absolute atomic E-state index is 13.8. The highest BCUT2D eigenvalue weighted by Gasteiger charge is 2.43. The molecule has 0 unspecified atom stereocenters. The zero-order chi connectivity index (χ0) is 24.0. The third-order valence-corrected chi connectivity index (χ3v) is 6.97. The average Bonchev–Trinajstić information content (AvgIpc) is 3.52. The minimum absolute atomic E-state index is 0.0174. The molecule has 1 N–H and O–H groups in total. The van der Waals surface area contributed by atoms with Gasteiger partial charge < -0.3 is 24.4 Å². The fourth-order valence-corrected chi connectivity index (χ4v) is 5.03. The molecule has 2 aliphatic rings. The Morgan fingerprint density at radius 1 is 1.24 bits per heavy atom. The molecule has 0 saturated carbocycles. The molecule has 0 aromatic heterocycles. The standard InChI is InChI=1S/C27H35FN2O4/c1-32-15-13-30-12-10-21(19-30)18-29-26(31)27(11-3-14-34-27)17-20-4-6-22(7-5-20)24-16-23(28)8-9-25(24)33-2/h4-9,16,21H,3,10-15,17-19H2,1-2H3,(H,29,31)/t21-,27+/m1/s1. The Hall–Kier alpha value is -2.48. The molecular formula is C27H35FN2O4. The highest BCUT2D eigenvalue weighted by atomic mass is 19.1. The second kappa shape index (κ2) is 11.3. The Bertz CT molecular complexity index is 960. The first-order chi connectivity index (χ1) is 16.5. The van der Waals surface area contributed by atoms with Gasteiger partial charge in [0.2, 0.25) is 0 Å². The minimum atomic E-state index is -0.827. The van der Waals surface area contributed by atoms with Crippen LogP contribution in [0.3, 0.4) is 0 Å². The molecule has 2 aliphatic heterocycles. The van der Waals surface area contributed by atoms with Crippen LogP contribution in [0.4, 0.5) is 4.39 Å². The van der Waals surface area contributed by atoms with Gasteiger partial charge in [-0.2, -0.15) is 0 Å². The molecular weight excluding hydrogens is 435 g/mol. The molecule has 0 spiro atoms. The molecule has 2 aromatic carbocycles. The molecule has 2 aromatic rings. The second-order valence-electron chi connectivity index (χ2n) is 9.32. The molecule has 4 rings (SSSR count). The average molecular weight is 471 g/mol. The topological polar surface area (TPSA) is 60.0 Å². The quantitative estimate of drug-likeness (QED) is 0.574. The number of hydrogen-bond acceptors (Lipinski definition) is 5. The van der Waals surface area contributed by atoms with E-state index >= 15 is 0 Å². The zero-order valence-electron chi connectivity index (χ0n) is 20.1. The lowest BCUT2D eigenvalue weighted by Gasteiger charge is -2.28. The Labute approximate surface area is 201 Å². The molecule has 184 valence electrons. The summed E-state index contributed by atoms with van der Waals surface area (Å²) in [6.45, 7) is 4.98. The van der Waals surface area contributed by atoms with Crippen LogP contribution in [0.1, 0.15) is 24.8 Å². The normalized spacial score (nSPS) is 22.7. The molecule has 0 radical (unpaired) electrons. The molecule has 0 bridgehead atoms. The zero-order valence-corrected chi connectivity index (χ0v) is 20.1. The van der Waals surface area contributed by atoms with Crippen molar-refractivity contribution in [3.63, 3.8) is 0 Å². The van der Waals surface area contributed by atoms with Crippen LogP contribution in [0, 0.1) is 11.7 Å². The first-order valence-electron chi connectivity index (χ1n) is 12.1. The van der Waals surface area contributed by atoms with E-state index < -0.39 is 5.60 Å². The van der Waals surface area contributed by atoms with E-state index in [-0.39, 0.29) is 11.7 Å². The van der Waals surface area contributed by atoms with Crippen molar-refractivity contribution in [1.29, 1.82) is 0 Å². The third kappa shape index (κ3) is 5.77. The van der Waals surface area contributed by atoms with Crippen LogP contribution in [0.15, 0.2) is 42.5 Å². The Morgan fingerprint density at radius 2 is 2.06 bits per heavy atom. The number of halogens is 1. The molecule has 2 heterocycles. The smallest absolute Gasteiger partial charge is 0.252 e. The lowest BCUT2D eigenvalue weighted by molar-refractivity contribution is -0.141. The van der Waals surface area contributed by atoms with Crippen molar-refractivity contribution in [3.8, 4) is 16.9 Å². The van der Waals surface area contributed by atoms with Crippen molar-refractivity contribution in [3.05, 3.63) is 53.8 Å². The van der Waals surface area contributed by atoms with Gasteiger partial charge in [-0.1, -0.05) is 24.3 Å². The van der Waals surface area contributed by atoms with Crippen LogP contribution < -0.4 is 10.1 Å². The van der Waals surface area contributed by atoms with E-state index in [0.717, 1.165) is 50.2 Å². The van der Waals surface area contributed by atoms with Crippen molar-refractivity contribution in [2.24, 2.45) is 5.92 Å². The number of rotatable bonds is 10. The van der Waals surface area contributed by atoms with Crippen LogP contribution in [0.2, 0.25) is 0 Å².